The molecule has 2 heterocycles. The highest BCUT2D eigenvalue weighted by Crippen LogP contribution is 2.34. The van der Waals surface area contributed by atoms with Crippen molar-refractivity contribution in [2.75, 3.05) is 0 Å². The molecule has 0 saturated carbocycles. The molecule has 4 rings (SSSR count). The smallest absolute Gasteiger partial charge is 0.136 e. The van der Waals surface area contributed by atoms with E-state index in [9.17, 15) is 0 Å². The van der Waals surface area contributed by atoms with E-state index in [0.29, 0.717) is 27.8 Å². The normalized spacial score (nSPS) is 19.0. The van der Waals surface area contributed by atoms with Crippen LogP contribution in [-0.4, -0.2) is 17.0 Å². The molecule has 27 heavy (non-hydrogen) atoms. The van der Waals surface area contributed by atoms with Crippen LogP contribution in [0.3, 0.4) is 0 Å². The quantitative estimate of drug-likeness (QED) is 0.626. The molecule has 1 aliphatic heterocycles. The van der Waals surface area contributed by atoms with Crippen LogP contribution < -0.4 is 16.8 Å². The molecule has 0 saturated heterocycles. The van der Waals surface area contributed by atoms with E-state index in [-0.39, 0.29) is 0 Å². The standard InChI is InChI=1S/C20H17Cl2N5/c21-15-6-2-1-5-14(15)18-13(9-20(24)10-17(23)25-11-26-20)8-12-4-3-7-16(22)19(12)27-18/h1-8,10-11H,9,23-24H2,(H,25,26). The van der Waals surface area contributed by atoms with E-state index in [1.54, 1.807) is 6.08 Å². The summed E-state index contributed by atoms with van der Waals surface area (Å²) in [4.78, 5) is 9.19. The zero-order chi connectivity index (χ0) is 19.0. The van der Waals surface area contributed by atoms with Gasteiger partial charge in [0.1, 0.15) is 11.5 Å². The molecule has 0 bridgehead atoms. The zero-order valence-electron chi connectivity index (χ0n) is 14.3. The van der Waals surface area contributed by atoms with Crippen molar-refractivity contribution in [1.29, 1.82) is 0 Å². The van der Waals surface area contributed by atoms with Crippen LogP contribution in [0.1, 0.15) is 5.56 Å². The fourth-order valence-electron chi connectivity index (χ4n) is 3.20. The second-order valence-corrected chi connectivity index (χ2v) is 7.27. The maximum Gasteiger partial charge on any atom is 0.136 e. The Balaban J connectivity index is 1.93. The second kappa shape index (κ2) is 6.85. The molecule has 3 aromatic rings. The van der Waals surface area contributed by atoms with E-state index in [0.717, 1.165) is 22.2 Å². The van der Waals surface area contributed by atoms with Gasteiger partial charge in [-0.25, -0.2) is 9.98 Å². The van der Waals surface area contributed by atoms with Gasteiger partial charge < -0.3 is 16.8 Å². The molecule has 1 atom stereocenters. The van der Waals surface area contributed by atoms with Crippen molar-refractivity contribution in [2.24, 2.45) is 16.5 Å². The second-order valence-electron chi connectivity index (χ2n) is 6.46. The fraction of sp³-hybridized carbons (Fsp3) is 0.100. The lowest BCUT2D eigenvalue weighted by molar-refractivity contribution is 0.540. The minimum absolute atomic E-state index is 0.405. The Morgan fingerprint density at radius 3 is 2.59 bits per heavy atom. The summed E-state index contributed by atoms with van der Waals surface area (Å²) in [6, 6.07) is 15.3. The Bertz CT molecular complexity index is 1090. The average molecular weight is 398 g/mol. The van der Waals surface area contributed by atoms with E-state index < -0.39 is 5.66 Å². The van der Waals surface area contributed by atoms with Gasteiger partial charge in [-0.15, -0.1) is 0 Å². The van der Waals surface area contributed by atoms with Crippen molar-refractivity contribution >= 4 is 40.4 Å². The number of nitrogens with one attached hydrogen (secondary N) is 1. The van der Waals surface area contributed by atoms with E-state index in [1.165, 1.54) is 6.34 Å². The molecule has 0 radical (unpaired) electrons. The molecule has 1 aromatic heterocycles. The first kappa shape index (κ1) is 17.8. The highest BCUT2D eigenvalue weighted by Gasteiger charge is 2.27. The number of fused-ring (bicyclic) bond motifs is 1. The van der Waals surface area contributed by atoms with Gasteiger partial charge in [0, 0.05) is 22.4 Å². The van der Waals surface area contributed by atoms with E-state index in [4.69, 9.17) is 39.7 Å². The lowest BCUT2D eigenvalue weighted by atomic mass is 9.94. The van der Waals surface area contributed by atoms with Gasteiger partial charge in [0.2, 0.25) is 0 Å². The van der Waals surface area contributed by atoms with Gasteiger partial charge in [0.25, 0.3) is 0 Å². The number of benzene rings is 2. The zero-order valence-corrected chi connectivity index (χ0v) is 15.8. The molecule has 2 aromatic carbocycles. The summed E-state index contributed by atoms with van der Waals surface area (Å²) < 4.78 is 0. The number of aliphatic imine (C=N–C) groups is 1. The van der Waals surface area contributed by atoms with Gasteiger partial charge in [-0.2, -0.15) is 0 Å². The predicted molar refractivity (Wildman–Crippen MR) is 112 cm³/mol. The van der Waals surface area contributed by atoms with Crippen LogP contribution in [0.2, 0.25) is 10.0 Å². The molecule has 1 aliphatic rings. The number of hydrogen-bond donors (Lipinski definition) is 3. The van der Waals surface area contributed by atoms with Gasteiger partial charge in [0.15, 0.2) is 0 Å². The highest BCUT2D eigenvalue weighted by molar-refractivity contribution is 6.35. The predicted octanol–water partition coefficient (Wildman–Crippen LogP) is 3.84. The topological polar surface area (TPSA) is 89.3 Å². The largest absolute Gasteiger partial charge is 0.385 e. The Morgan fingerprint density at radius 2 is 1.81 bits per heavy atom. The fourth-order valence-corrected chi connectivity index (χ4v) is 3.65. The van der Waals surface area contributed by atoms with Crippen molar-refractivity contribution in [1.82, 2.24) is 10.3 Å². The van der Waals surface area contributed by atoms with Gasteiger partial charge in [0.05, 0.1) is 22.6 Å². The van der Waals surface area contributed by atoms with Crippen molar-refractivity contribution < 1.29 is 0 Å². The van der Waals surface area contributed by atoms with Gasteiger partial charge in [-0.1, -0.05) is 53.5 Å². The summed E-state index contributed by atoms with van der Waals surface area (Å²) in [6.45, 7) is 0. The Kier molecular flexibility index (Phi) is 4.52. The van der Waals surface area contributed by atoms with Crippen LogP contribution in [0.15, 0.2) is 65.4 Å². The molecule has 1 unspecified atom stereocenters. The van der Waals surface area contributed by atoms with Crippen molar-refractivity contribution in [3.05, 3.63) is 76.0 Å². The van der Waals surface area contributed by atoms with Crippen molar-refractivity contribution in [2.45, 2.75) is 12.1 Å². The minimum atomic E-state index is -0.973. The van der Waals surface area contributed by atoms with Crippen LogP contribution in [0.5, 0.6) is 0 Å². The summed E-state index contributed by atoms with van der Waals surface area (Å²) in [6.07, 6.45) is 3.61. The first-order chi connectivity index (χ1) is 13.0. The number of para-hydroxylation sites is 1. The molecule has 7 heteroatoms. The number of hydrogen-bond acceptors (Lipinski definition) is 5. The molecule has 5 N–H and O–H groups in total. The maximum atomic E-state index is 6.46. The number of pyridine rings is 1. The Labute approximate surface area is 166 Å². The number of nitrogens with two attached hydrogens (primary N) is 2. The first-order valence-corrected chi connectivity index (χ1v) is 9.11. The third kappa shape index (κ3) is 3.49. The molecule has 136 valence electrons. The van der Waals surface area contributed by atoms with Crippen molar-refractivity contribution in [3.63, 3.8) is 0 Å². The summed E-state index contributed by atoms with van der Waals surface area (Å²) in [7, 11) is 0. The van der Waals surface area contributed by atoms with E-state index in [1.807, 2.05) is 48.5 Å². The number of rotatable bonds is 3. The monoisotopic (exact) mass is 397 g/mol. The summed E-state index contributed by atoms with van der Waals surface area (Å²) in [5, 5.41) is 4.94. The van der Waals surface area contributed by atoms with Crippen LogP contribution in [0.25, 0.3) is 22.2 Å². The van der Waals surface area contributed by atoms with Crippen LogP contribution in [0.4, 0.5) is 0 Å². The number of aromatic nitrogens is 1. The summed E-state index contributed by atoms with van der Waals surface area (Å²) >= 11 is 12.8. The van der Waals surface area contributed by atoms with Crippen LogP contribution >= 0.6 is 23.2 Å². The Morgan fingerprint density at radius 1 is 1.04 bits per heavy atom. The average Bonchev–Trinajstić information content (AvgIpc) is 2.62. The van der Waals surface area contributed by atoms with Crippen molar-refractivity contribution in [3.8, 4) is 11.3 Å². The Hall–Kier alpha value is -2.60. The van der Waals surface area contributed by atoms with E-state index in [2.05, 4.69) is 10.3 Å². The molecular weight excluding hydrogens is 381 g/mol. The van der Waals surface area contributed by atoms with Gasteiger partial charge >= 0.3 is 0 Å². The summed E-state index contributed by atoms with van der Waals surface area (Å²) in [5.41, 5.74) is 14.5. The number of nitrogens with zero attached hydrogens (tertiary/aromatic N) is 2. The third-order valence-corrected chi connectivity index (χ3v) is 5.05. The number of halogens is 2. The first-order valence-electron chi connectivity index (χ1n) is 8.36. The molecule has 0 amide bonds. The summed E-state index contributed by atoms with van der Waals surface area (Å²) in [5.74, 6) is 0.462. The van der Waals surface area contributed by atoms with Gasteiger partial charge in [-0.3, -0.25) is 0 Å². The van der Waals surface area contributed by atoms with Gasteiger partial charge in [-0.05, 0) is 29.8 Å². The molecular formula is C20H17Cl2N5. The van der Waals surface area contributed by atoms with Crippen LogP contribution in [0, 0.1) is 0 Å². The minimum Gasteiger partial charge on any atom is -0.385 e. The lowest BCUT2D eigenvalue weighted by Crippen LogP contribution is -2.44. The SMILES string of the molecule is NC1=CC(N)(Cc2cc3cccc(Cl)c3nc2-c2ccccc2Cl)N=CN1. The molecule has 5 nitrogen and oxygen atoms in total. The highest BCUT2D eigenvalue weighted by atomic mass is 35.5. The molecule has 0 spiro atoms. The molecule has 0 fully saturated rings. The molecule has 0 aliphatic carbocycles. The lowest BCUT2D eigenvalue weighted by Gasteiger charge is -2.26. The maximum absolute atomic E-state index is 6.46. The van der Waals surface area contributed by atoms with Crippen LogP contribution in [-0.2, 0) is 6.42 Å². The third-order valence-electron chi connectivity index (χ3n) is 4.42. The van der Waals surface area contributed by atoms with E-state index >= 15 is 0 Å².